The predicted octanol–water partition coefficient (Wildman–Crippen LogP) is 3.68. The van der Waals surface area contributed by atoms with Crippen LogP contribution in [-0.4, -0.2) is 18.3 Å². The lowest BCUT2D eigenvalue weighted by molar-refractivity contribution is 0.00578. The minimum absolute atomic E-state index is 0.0150. The molecule has 0 N–H and O–H groups in total. The van der Waals surface area contributed by atoms with Crippen LogP contribution in [-0.2, 0) is 9.31 Å². The fourth-order valence-electron chi connectivity index (χ4n) is 1.63. The third-order valence-corrected chi connectivity index (χ3v) is 4.38. The normalized spacial score (nSPS) is 25.6. The largest absolute Gasteiger partial charge is 0.461 e. The maximum atomic E-state index is 6.04. The molecule has 0 saturated carbocycles. The Balaban J connectivity index is 2.84. The van der Waals surface area contributed by atoms with Gasteiger partial charge in [0.25, 0.3) is 0 Å². The topological polar surface area (TPSA) is 18.5 Å². The molecule has 0 aromatic heterocycles. The molecular weight excluding hydrogens is 199 g/mol. The lowest BCUT2D eigenvalue weighted by atomic mass is 9.59. The quantitative estimate of drug-likeness (QED) is 0.537. The monoisotopic (exact) mass is 224 g/mol. The van der Waals surface area contributed by atoms with Crippen LogP contribution < -0.4 is 0 Å². The van der Waals surface area contributed by atoms with Gasteiger partial charge in [-0.25, -0.2) is 0 Å². The van der Waals surface area contributed by atoms with Crippen molar-refractivity contribution < 1.29 is 9.31 Å². The third-order valence-electron chi connectivity index (χ3n) is 4.38. The van der Waals surface area contributed by atoms with E-state index < -0.39 is 0 Å². The molecule has 1 saturated heterocycles. The van der Waals surface area contributed by atoms with E-state index in [0.717, 1.165) is 0 Å². The molecule has 0 radical (unpaired) electrons. The van der Waals surface area contributed by atoms with Crippen LogP contribution in [0.4, 0.5) is 0 Å². The maximum Gasteiger partial charge on any atom is 0.461 e. The molecule has 0 unspecified atom stereocenters. The van der Waals surface area contributed by atoms with Crippen molar-refractivity contribution >= 4 is 7.12 Å². The predicted molar refractivity (Wildman–Crippen MR) is 69.5 cm³/mol. The summed E-state index contributed by atoms with van der Waals surface area (Å²) in [4.78, 5) is 0. The minimum atomic E-state index is -0.247. The molecule has 1 fully saturated rings. The van der Waals surface area contributed by atoms with Crippen LogP contribution in [0.5, 0.6) is 0 Å². The van der Waals surface area contributed by atoms with Gasteiger partial charge < -0.3 is 9.31 Å². The summed E-state index contributed by atoms with van der Waals surface area (Å²) in [5, 5.41) is 0. The molecule has 1 aliphatic heterocycles. The maximum absolute atomic E-state index is 6.04. The Labute approximate surface area is 101 Å². The molecule has 1 rings (SSSR count). The summed E-state index contributed by atoms with van der Waals surface area (Å²) >= 11 is 0. The molecule has 16 heavy (non-hydrogen) atoms. The van der Waals surface area contributed by atoms with Gasteiger partial charge >= 0.3 is 7.12 Å². The van der Waals surface area contributed by atoms with Gasteiger partial charge in [-0.1, -0.05) is 26.8 Å². The summed E-state index contributed by atoms with van der Waals surface area (Å²) in [6.45, 7) is 18.7. The first-order valence-electron chi connectivity index (χ1n) is 6.03. The second kappa shape index (κ2) is 3.88. The Hall–Kier alpha value is -0.275. The van der Waals surface area contributed by atoms with Crippen LogP contribution in [0, 0.1) is 5.41 Å². The summed E-state index contributed by atoms with van der Waals surface area (Å²) in [6, 6.07) is 0. The van der Waals surface area contributed by atoms with Gasteiger partial charge in [0, 0.05) is 0 Å². The van der Waals surface area contributed by atoms with E-state index in [0.29, 0.717) is 0 Å². The molecule has 0 spiro atoms. The molecule has 1 aliphatic rings. The van der Waals surface area contributed by atoms with E-state index in [1.54, 1.807) is 0 Å². The Morgan fingerprint density at radius 1 is 1.12 bits per heavy atom. The number of hydrogen-bond acceptors (Lipinski definition) is 2. The zero-order chi connectivity index (χ0) is 12.8. The van der Waals surface area contributed by atoms with Crippen LogP contribution >= 0.6 is 0 Å². The van der Waals surface area contributed by atoms with Crippen molar-refractivity contribution in [1.82, 2.24) is 0 Å². The smallest absolute Gasteiger partial charge is 0.403 e. The molecule has 1 heterocycles. The molecule has 0 aromatic rings. The van der Waals surface area contributed by atoms with Gasteiger partial charge in [-0.05, 0) is 38.9 Å². The standard InChI is InChI=1S/C13H25BO2/c1-9-11(3,4)10(2)14-15-12(5,6)13(7,8)16-14/h9-10H,1H2,2-8H3/t10-/m1/s1. The fraction of sp³-hybridized carbons (Fsp3) is 0.846. The highest BCUT2D eigenvalue weighted by atomic mass is 16.7. The second-order valence-corrected chi connectivity index (χ2v) is 6.44. The molecule has 1 atom stereocenters. The van der Waals surface area contributed by atoms with E-state index in [4.69, 9.17) is 9.31 Å². The molecular formula is C13H25BO2. The molecule has 92 valence electrons. The first kappa shape index (κ1) is 13.8. The summed E-state index contributed by atoms with van der Waals surface area (Å²) in [5.74, 6) is 0.283. The van der Waals surface area contributed by atoms with Crippen LogP contribution in [0.3, 0.4) is 0 Å². The summed E-state index contributed by atoms with van der Waals surface area (Å²) in [6.07, 6.45) is 1.97. The van der Waals surface area contributed by atoms with Gasteiger partial charge in [-0.2, -0.15) is 0 Å². The van der Waals surface area contributed by atoms with Crippen molar-refractivity contribution in [1.29, 1.82) is 0 Å². The zero-order valence-electron chi connectivity index (χ0n) is 11.8. The van der Waals surface area contributed by atoms with E-state index in [1.165, 1.54) is 0 Å². The molecule has 0 bridgehead atoms. The van der Waals surface area contributed by atoms with Crippen LogP contribution in [0.15, 0.2) is 12.7 Å². The van der Waals surface area contributed by atoms with Crippen LogP contribution in [0.25, 0.3) is 0 Å². The Morgan fingerprint density at radius 3 is 1.81 bits per heavy atom. The highest BCUT2D eigenvalue weighted by molar-refractivity contribution is 6.47. The summed E-state index contributed by atoms with van der Waals surface area (Å²) < 4.78 is 12.1. The lowest BCUT2D eigenvalue weighted by Crippen LogP contribution is -2.41. The van der Waals surface area contributed by atoms with Crippen molar-refractivity contribution in [2.45, 2.75) is 65.5 Å². The zero-order valence-corrected chi connectivity index (χ0v) is 11.8. The summed E-state index contributed by atoms with van der Waals surface area (Å²) in [5.41, 5.74) is -0.479. The van der Waals surface area contributed by atoms with E-state index in [1.807, 2.05) is 6.08 Å². The van der Waals surface area contributed by atoms with Crippen molar-refractivity contribution in [2.24, 2.45) is 5.41 Å². The lowest BCUT2D eigenvalue weighted by Gasteiger charge is -2.32. The van der Waals surface area contributed by atoms with E-state index in [-0.39, 0.29) is 29.6 Å². The highest BCUT2D eigenvalue weighted by Gasteiger charge is 2.54. The van der Waals surface area contributed by atoms with E-state index in [9.17, 15) is 0 Å². The summed E-state index contributed by atoms with van der Waals surface area (Å²) in [7, 11) is -0.155. The Morgan fingerprint density at radius 2 is 1.50 bits per heavy atom. The number of allylic oxidation sites excluding steroid dienone is 1. The average Bonchev–Trinajstić information content (AvgIpc) is 2.35. The van der Waals surface area contributed by atoms with E-state index >= 15 is 0 Å². The third kappa shape index (κ3) is 2.21. The van der Waals surface area contributed by atoms with Gasteiger partial charge in [0.05, 0.1) is 11.2 Å². The van der Waals surface area contributed by atoms with Crippen molar-refractivity contribution in [2.75, 3.05) is 0 Å². The van der Waals surface area contributed by atoms with Crippen molar-refractivity contribution in [3.8, 4) is 0 Å². The molecule has 0 amide bonds. The van der Waals surface area contributed by atoms with Crippen LogP contribution in [0.1, 0.15) is 48.5 Å². The molecule has 2 nitrogen and oxygen atoms in total. The van der Waals surface area contributed by atoms with Gasteiger partial charge in [-0.3, -0.25) is 0 Å². The first-order valence-corrected chi connectivity index (χ1v) is 6.03. The number of rotatable bonds is 3. The Bertz CT molecular complexity index is 266. The minimum Gasteiger partial charge on any atom is -0.403 e. The van der Waals surface area contributed by atoms with Crippen molar-refractivity contribution in [3.63, 3.8) is 0 Å². The van der Waals surface area contributed by atoms with Gasteiger partial charge in [0.2, 0.25) is 0 Å². The molecule has 0 aliphatic carbocycles. The van der Waals surface area contributed by atoms with Gasteiger partial charge in [0.15, 0.2) is 0 Å². The first-order chi connectivity index (χ1) is 7.03. The van der Waals surface area contributed by atoms with Gasteiger partial charge in [-0.15, -0.1) is 6.58 Å². The van der Waals surface area contributed by atoms with Gasteiger partial charge in [0.1, 0.15) is 0 Å². The average molecular weight is 224 g/mol. The van der Waals surface area contributed by atoms with E-state index in [2.05, 4.69) is 55.0 Å². The Kier molecular flexibility index (Phi) is 3.35. The second-order valence-electron chi connectivity index (χ2n) is 6.44. The number of hydrogen-bond donors (Lipinski definition) is 0. The van der Waals surface area contributed by atoms with Crippen LogP contribution in [0.2, 0.25) is 5.82 Å². The van der Waals surface area contributed by atoms with Crippen molar-refractivity contribution in [3.05, 3.63) is 12.7 Å². The SMILES string of the molecule is C=CC(C)(C)[C@@H](C)B1OC(C)(C)C(C)(C)O1. The fourth-order valence-corrected chi connectivity index (χ4v) is 1.63. The highest BCUT2D eigenvalue weighted by Crippen LogP contribution is 2.45. The molecule has 0 aromatic carbocycles. The molecule has 3 heteroatoms.